The molecular formula is C6H13NOS. The summed E-state index contributed by atoms with van der Waals surface area (Å²) in [5, 5.41) is 2.78. The Morgan fingerprint density at radius 1 is 1.56 bits per heavy atom. The van der Waals surface area contributed by atoms with E-state index in [4.69, 9.17) is 0 Å². The molecule has 0 bridgehead atoms. The monoisotopic (exact) mass is 147 g/mol. The number of hydrogen-bond donors (Lipinski definition) is 2. The number of nitrogens with one attached hydrogen (secondary N) is 1. The number of carbonyl (C=O) groups is 1. The van der Waals surface area contributed by atoms with Gasteiger partial charge in [0.25, 0.3) is 0 Å². The van der Waals surface area contributed by atoms with Crippen molar-refractivity contribution in [1.82, 2.24) is 5.32 Å². The fourth-order valence-corrected chi connectivity index (χ4v) is 1.17. The van der Waals surface area contributed by atoms with Gasteiger partial charge >= 0.3 is 0 Å². The maximum atomic E-state index is 10.6. The summed E-state index contributed by atoms with van der Waals surface area (Å²) in [6.07, 6.45) is 0. The van der Waals surface area contributed by atoms with Crippen molar-refractivity contribution >= 4 is 17.7 Å². The quantitative estimate of drug-likeness (QED) is 0.575. The molecule has 0 saturated heterocycles. The minimum Gasteiger partial charge on any atom is -0.310 e. The van der Waals surface area contributed by atoms with Crippen molar-refractivity contribution in [2.45, 2.75) is 19.9 Å². The molecule has 0 amide bonds. The minimum atomic E-state index is -0.103. The van der Waals surface area contributed by atoms with Gasteiger partial charge in [-0.15, -0.1) is 12.6 Å². The van der Waals surface area contributed by atoms with Gasteiger partial charge in [-0.2, -0.15) is 0 Å². The average molecular weight is 147 g/mol. The highest BCUT2D eigenvalue weighted by molar-refractivity contribution is 7.96. The first kappa shape index (κ1) is 8.98. The Hall–Kier alpha value is -0.0200. The molecule has 0 aromatic rings. The highest BCUT2D eigenvalue weighted by atomic mass is 32.1. The van der Waals surface area contributed by atoms with Crippen LogP contribution in [0.5, 0.6) is 0 Å². The van der Waals surface area contributed by atoms with Gasteiger partial charge in [0.05, 0.1) is 6.04 Å². The standard InChI is InChI=1S/C6H13NOS/c1-4(2)5(7-3)6(8)9/h4-5,7H,1-3H3,(H,8,9)/t5-/m1/s1. The van der Waals surface area contributed by atoms with Crippen molar-refractivity contribution in [3.05, 3.63) is 0 Å². The van der Waals surface area contributed by atoms with Crippen LogP contribution in [0.2, 0.25) is 0 Å². The van der Waals surface area contributed by atoms with Crippen molar-refractivity contribution in [3.8, 4) is 0 Å². The van der Waals surface area contributed by atoms with Gasteiger partial charge in [0.2, 0.25) is 5.12 Å². The fraction of sp³-hybridized carbons (Fsp3) is 0.833. The topological polar surface area (TPSA) is 29.1 Å². The van der Waals surface area contributed by atoms with Gasteiger partial charge in [-0.3, -0.25) is 4.79 Å². The van der Waals surface area contributed by atoms with E-state index in [1.807, 2.05) is 13.8 Å². The van der Waals surface area contributed by atoms with Gasteiger partial charge in [-0.05, 0) is 13.0 Å². The van der Waals surface area contributed by atoms with Crippen molar-refractivity contribution in [2.75, 3.05) is 7.05 Å². The van der Waals surface area contributed by atoms with E-state index in [1.54, 1.807) is 7.05 Å². The Morgan fingerprint density at radius 2 is 2.00 bits per heavy atom. The summed E-state index contributed by atoms with van der Waals surface area (Å²) in [5.41, 5.74) is 0. The van der Waals surface area contributed by atoms with Crippen LogP contribution in [0.4, 0.5) is 0 Å². The Bertz CT molecular complexity index is 103. The maximum Gasteiger partial charge on any atom is 0.203 e. The van der Waals surface area contributed by atoms with Gasteiger partial charge in [0.15, 0.2) is 0 Å². The summed E-state index contributed by atoms with van der Waals surface area (Å²) >= 11 is 3.71. The summed E-state index contributed by atoms with van der Waals surface area (Å²) in [6, 6.07) is -0.103. The fourth-order valence-electron chi connectivity index (χ4n) is 0.742. The lowest BCUT2D eigenvalue weighted by Crippen LogP contribution is -2.35. The van der Waals surface area contributed by atoms with Gasteiger partial charge in [-0.25, -0.2) is 0 Å². The van der Waals surface area contributed by atoms with Crippen LogP contribution in [0.1, 0.15) is 13.8 Å². The molecule has 9 heavy (non-hydrogen) atoms. The van der Waals surface area contributed by atoms with Crippen LogP contribution in [0.3, 0.4) is 0 Å². The summed E-state index contributed by atoms with van der Waals surface area (Å²) in [4.78, 5) is 10.6. The van der Waals surface area contributed by atoms with Crippen LogP contribution in [0.25, 0.3) is 0 Å². The van der Waals surface area contributed by atoms with Gasteiger partial charge in [0.1, 0.15) is 0 Å². The Balaban J connectivity index is 3.83. The molecule has 0 unspecified atom stereocenters. The van der Waals surface area contributed by atoms with E-state index in [2.05, 4.69) is 17.9 Å². The SMILES string of the molecule is CN[C@@H](C(=O)S)C(C)C. The normalized spacial score (nSPS) is 13.9. The van der Waals surface area contributed by atoms with E-state index >= 15 is 0 Å². The zero-order chi connectivity index (χ0) is 7.44. The number of hydrogen-bond acceptors (Lipinski definition) is 2. The molecule has 0 aromatic carbocycles. The van der Waals surface area contributed by atoms with Gasteiger partial charge in [-0.1, -0.05) is 13.8 Å². The number of thiol groups is 1. The predicted molar refractivity (Wildman–Crippen MR) is 41.7 cm³/mol. The van der Waals surface area contributed by atoms with Crippen LogP contribution in [0.15, 0.2) is 0 Å². The molecule has 0 heterocycles. The Labute approximate surface area is 61.4 Å². The van der Waals surface area contributed by atoms with E-state index < -0.39 is 0 Å². The Morgan fingerprint density at radius 3 is 2.00 bits per heavy atom. The number of rotatable bonds is 3. The third-order valence-corrected chi connectivity index (χ3v) is 1.52. The van der Waals surface area contributed by atoms with Gasteiger partial charge < -0.3 is 5.32 Å². The van der Waals surface area contributed by atoms with E-state index in [0.717, 1.165) is 0 Å². The molecule has 0 rings (SSSR count). The van der Waals surface area contributed by atoms with Crippen LogP contribution in [-0.4, -0.2) is 18.2 Å². The first-order chi connectivity index (χ1) is 4.09. The molecule has 3 heteroatoms. The van der Waals surface area contributed by atoms with Crippen LogP contribution < -0.4 is 5.32 Å². The third-order valence-electron chi connectivity index (χ3n) is 1.24. The number of carbonyl (C=O) groups excluding carboxylic acids is 1. The summed E-state index contributed by atoms with van der Waals surface area (Å²) < 4.78 is 0. The zero-order valence-electron chi connectivity index (χ0n) is 6.01. The van der Waals surface area contributed by atoms with Gasteiger partial charge in [0, 0.05) is 0 Å². The average Bonchev–Trinajstić information content (AvgIpc) is 1.64. The smallest absolute Gasteiger partial charge is 0.203 e. The predicted octanol–water partition coefficient (Wildman–Crippen LogP) is 0.687. The van der Waals surface area contributed by atoms with Crippen molar-refractivity contribution in [2.24, 2.45) is 5.92 Å². The molecule has 0 radical (unpaired) electrons. The Kier molecular flexibility index (Phi) is 3.89. The molecule has 54 valence electrons. The molecule has 0 fully saturated rings. The maximum absolute atomic E-state index is 10.6. The lowest BCUT2D eigenvalue weighted by atomic mass is 10.1. The van der Waals surface area contributed by atoms with Crippen LogP contribution in [0, 0.1) is 5.92 Å². The lowest BCUT2D eigenvalue weighted by Gasteiger charge is -2.14. The minimum absolute atomic E-state index is 0.0903. The first-order valence-corrected chi connectivity index (χ1v) is 3.44. The molecule has 1 atom stereocenters. The van der Waals surface area contributed by atoms with Crippen molar-refractivity contribution < 1.29 is 4.79 Å². The second kappa shape index (κ2) is 3.90. The summed E-state index contributed by atoms with van der Waals surface area (Å²) in [5.74, 6) is 0.319. The summed E-state index contributed by atoms with van der Waals surface area (Å²) in [6.45, 7) is 3.96. The molecule has 0 aliphatic rings. The highest BCUT2D eigenvalue weighted by Gasteiger charge is 2.15. The van der Waals surface area contributed by atoms with E-state index in [9.17, 15) is 4.79 Å². The molecule has 0 spiro atoms. The van der Waals surface area contributed by atoms with Crippen LogP contribution in [-0.2, 0) is 4.79 Å². The molecule has 0 aromatic heterocycles. The van der Waals surface area contributed by atoms with Crippen molar-refractivity contribution in [3.63, 3.8) is 0 Å². The lowest BCUT2D eigenvalue weighted by molar-refractivity contribution is -0.113. The zero-order valence-corrected chi connectivity index (χ0v) is 6.90. The second-order valence-electron chi connectivity index (χ2n) is 2.35. The molecule has 2 nitrogen and oxygen atoms in total. The van der Waals surface area contributed by atoms with Crippen molar-refractivity contribution in [1.29, 1.82) is 0 Å². The highest BCUT2D eigenvalue weighted by Crippen LogP contribution is 2.03. The number of likely N-dealkylation sites (N-methyl/N-ethyl adjacent to an activating group) is 1. The summed E-state index contributed by atoms with van der Waals surface area (Å²) in [7, 11) is 1.76. The molecule has 1 N–H and O–H groups in total. The first-order valence-electron chi connectivity index (χ1n) is 2.99. The molecule has 0 aliphatic carbocycles. The van der Waals surface area contributed by atoms with E-state index in [1.165, 1.54) is 0 Å². The molecule has 0 saturated carbocycles. The second-order valence-corrected chi connectivity index (χ2v) is 2.79. The molecule has 0 aliphatic heterocycles. The van der Waals surface area contributed by atoms with E-state index in [-0.39, 0.29) is 11.2 Å². The largest absolute Gasteiger partial charge is 0.310 e. The van der Waals surface area contributed by atoms with Crippen LogP contribution >= 0.6 is 12.6 Å². The van der Waals surface area contributed by atoms with E-state index in [0.29, 0.717) is 5.92 Å². The third kappa shape index (κ3) is 2.87. The molecular weight excluding hydrogens is 134 g/mol.